The number of hydrogen-bond donors (Lipinski definition) is 0. The molecule has 8 rings (SSSR count). The lowest BCUT2D eigenvalue weighted by Crippen LogP contribution is -2.30. The Bertz CT molecular complexity index is 2200. The molecule has 3 heterocycles. The molecule has 0 amide bonds. The van der Waals surface area contributed by atoms with Crippen LogP contribution in [0.25, 0.3) is 38.6 Å². The summed E-state index contributed by atoms with van der Waals surface area (Å²) in [4.78, 5) is 6.86. The molecule has 0 saturated carbocycles. The van der Waals surface area contributed by atoms with Crippen LogP contribution in [0.2, 0.25) is 0 Å². The van der Waals surface area contributed by atoms with Crippen molar-refractivity contribution >= 4 is 38.9 Å². The zero-order valence-corrected chi connectivity index (χ0v) is 24.0. The van der Waals surface area contributed by atoms with Crippen LogP contribution in [0.5, 0.6) is 0 Å². The molecule has 4 heteroatoms. The summed E-state index contributed by atoms with van der Waals surface area (Å²) >= 11 is 0. The molecule has 2 aromatic heterocycles. The number of hydrogen-bond acceptors (Lipinski definition) is 3. The van der Waals surface area contributed by atoms with Crippen LogP contribution in [0.4, 0.5) is 17.1 Å². The molecule has 0 unspecified atom stereocenters. The van der Waals surface area contributed by atoms with Crippen LogP contribution in [0.15, 0.2) is 134 Å². The molecule has 0 spiro atoms. The van der Waals surface area contributed by atoms with Crippen molar-refractivity contribution in [2.45, 2.75) is 19.3 Å². The first kappa shape index (κ1) is 25.1. The molecule has 4 nitrogen and oxygen atoms in total. The average molecular weight is 553 g/mol. The van der Waals surface area contributed by atoms with Crippen molar-refractivity contribution in [3.63, 3.8) is 0 Å². The van der Waals surface area contributed by atoms with Gasteiger partial charge in [-0.15, -0.1) is 0 Å². The van der Waals surface area contributed by atoms with E-state index in [0.717, 1.165) is 44.3 Å². The highest BCUT2D eigenvalue weighted by Gasteiger charge is 2.37. The summed E-state index contributed by atoms with van der Waals surface area (Å²) in [6.07, 6.45) is 3.73. The van der Waals surface area contributed by atoms with Gasteiger partial charge in [0.1, 0.15) is 0 Å². The van der Waals surface area contributed by atoms with Gasteiger partial charge >= 0.3 is 0 Å². The van der Waals surface area contributed by atoms with E-state index in [0.29, 0.717) is 5.56 Å². The number of anilines is 3. The molecule has 5 aromatic carbocycles. The van der Waals surface area contributed by atoms with Crippen LogP contribution in [0.1, 0.15) is 30.5 Å². The minimum Gasteiger partial charge on any atom is -0.309 e. The highest BCUT2D eigenvalue weighted by Crippen LogP contribution is 2.53. The van der Waals surface area contributed by atoms with Gasteiger partial charge in [0.25, 0.3) is 0 Å². The topological polar surface area (TPSA) is 44.9 Å². The Morgan fingerprint density at radius 2 is 1.16 bits per heavy atom. The second-order valence-corrected chi connectivity index (χ2v) is 11.6. The molecule has 0 aliphatic carbocycles. The van der Waals surface area contributed by atoms with Gasteiger partial charge in [0, 0.05) is 39.7 Å². The van der Waals surface area contributed by atoms with Gasteiger partial charge in [0.05, 0.1) is 45.4 Å². The SMILES string of the molecule is CC1(C)c2ccccc2N(c2ccccc2-c2ccccc2-n2c3ccncc3c3cc(C#N)ccc32)c2ccccc21. The Morgan fingerprint density at radius 1 is 0.605 bits per heavy atom. The number of para-hydroxylation sites is 4. The minimum atomic E-state index is -0.129. The van der Waals surface area contributed by atoms with Crippen LogP contribution in [0, 0.1) is 11.3 Å². The molecule has 0 saturated heterocycles. The van der Waals surface area contributed by atoms with E-state index in [9.17, 15) is 5.26 Å². The van der Waals surface area contributed by atoms with Gasteiger partial charge in [-0.3, -0.25) is 4.98 Å². The third-order valence-corrected chi connectivity index (χ3v) is 8.91. The number of nitrogens with zero attached hydrogens (tertiary/aromatic N) is 4. The molecule has 0 fully saturated rings. The van der Waals surface area contributed by atoms with E-state index in [1.165, 1.54) is 22.5 Å². The van der Waals surface area contributed by atoms with Gasteiger partial charge < -0.3 is 9.47 Å². The van der Waals surface area contributed by atoms with Crippen LogP contribution in [0.3, 0.4) is 0 Å². The number of fused-ring (bicyclic) bond motifs is 5. The van der Waals surface area contributed by atoms with Gasteiger partial charge in [0.15, 0.2) is 0 Å². The summed E-state index contributed by atoms with van der Waals surface area (Å²) in [5.74, 6) is 0. The Morgan fingerprint density at radius 3 is 1.84 bits per heavy atom. The van der Waals surface area contributed by atoms with Crippen molar-refractivity contribution in [2.75, 3.05) is 4.90 Å². The standard InChI is InChI=1S/C39H28N4/c1-39(2)31-13-5-9-17-37(31)43(38-18-10-6-14-32(38)39)34-16-8-4-12-28(34)27-11-3-7-15-33(27)42-35-20-19-26(24-40)23-29(35)30-25-41-22-21-36(30)42/h3-23,25H,1-2H3. The molecule has 0 radical (unpaired) electrons. The summed E-state index contributed by atoms with van der Waals surface area (Å²) < 4.78 is 2.31. The van der Waals surface area contributed by atoms with E-state index in [1.807, 2.05) is 24.5 Å². The van der Waals surface area contributed by atoms with E-state index in [1.54, 1.807) is 0 Å². The van der Waals surface area contributed by atoms with E-state index in [2.05, 4.69) is 144 Å². The highest BCUT2D eigenvalue weighted by molar-refractivity contribution is 6.10. The van der Waals surface area contributed by atoms with Crippen molar-refractivity contribution in [3.8, 4) is 22.9 Å². The second-order valence-electron chi connectivity index (χ2n) is 11.6. The summed E-state index contributed by atoms with van der Waals surface area (Å²) in [5.41, 5.74) is 12.1. The van der Waals surface area contributed by atoms with Gasteiger partial charge in [-0.25, -0.2) is 0 Å². The molecule has 43 heavy (non-hydrogen) atoms. The number of benzene rings is 5. The second kappa shape index (κ2) is 9.44. The number of nitriles is 1. The lowest BCUT2D eigenvalue weighted by Gasteiger charge is -2.42. The average Bonchev–Trinajstić information content (AvgIpc) is 3.39. The van der Waals surface area contributed by atoms with Crippen LogP contribution >= 0.6 is 0 Å². The molecular formula is C39H28N4. The van der Waals surface area contributed by atoms with Crippen LogP contribution in [-0.4, -0.2) is 9.55 Å². The van der Waals surface area contributed by atoms with Gasteiger partial charge in [0.2, 0.25) is 0 Å². The lowest BCUT2D eigenvalue weighted by molar-refractivity contribution is 0.632. The lowest BCUT2D eigenvalue weighted by atomic mass is 9.73. The number of pyridine rings is 1. The Kier molecular flexibility index (Phi) is 5.51. The largest absolute Gasteiger partial charge is 0.309 e. The summed E-state index contributed by atoms with van der Waals surface area (Å²) in [7, 11) is 0. The third-order valence-electron chi connectivity index (χ3n) is 8.91. The minimum absolute atomic E-state index is 0.129. The molecule has 7 aromatic rings. The van der Waals surface area contributed by atoms with Crippen molar-refractivity contribution in [1.29, 1.82) is 5.26 Å². The van der Waals surface area contributed by atoms with Gasteiger partial charge in [-0.1, -0.05) is 86.6 Å². The predicted molar refractivity (Wildman–Crippen MR) is 176 cm³/mol. The maximum Gasteiger partial charge on any atom is 0.0991 e. The van der Waals surface area contributed by atoms with Crippen LogP contribution < -0.4 is 4.90 Å². The van der Waals surface area contributed by atoms with Crippen molar-refractivity contribution in [3.05, 3.63) is 150 Å². The van der Waals surface area contributed by atoms with Gasteiger partial charge in [-0.2, -0.15) is 5.26 Å². The van der Waals surface area contributed by atoms with Crippen LogP contribution in [-0.2, 0) is 5.41 Å². The maximum atomic E-state index is 9.63. The van der Waals surface area contributed by atoms with Crippen molar-refractivity contribution in [2.24, 2.45) is 0 Å². The third kappa shape index (κ3) is 3.65. The monoisotopic (exact) mass is 552 g/mol. The summed E-state index contributed by atoms with van der Waals surface area (Å²) in [6.45, 7) is 4.64. The highest BCUT2D eigenvalue weighted by atomic mass is 15.2. The smallest absolute Gasteiger partial charge is 0.0991 e. The normalized spacial score (nSPS) is 13.5. The Hall–Kier alpha value is -5.66. The van der Waals surface area contributed by atoms with E-state index in [4.69, 9.17) is 0 Å². The molecule has 204 valence electrons. The maximum absolute atomic E-state index is 9.63. The zero-order chi connectivity index (χ0) is 29.1. The fourth-order valence-corrected chi connectivity index (χ4v) is 6.92. The molecule has 1 aliphatic heterocycles. The van der Waals surface area contributed by atoms with Gasteiger partial charge in [-0.05, 0) is 59.7 Å². The number of rotatable bonds is 3. The molecule has 0 atom stereocenters. The van der Waals surface area contributed by atoms with Crippen molar-refractivity contribution < 1.29 is 0 Å². The Balaban J connectivity index is 1.41. The molecule has 1 aliphatic rings. The molecule has 0 bridgehead atoms. The quantitative estimate of drug-likeness (QED) is 0.219. The molecule has 0 N–H and O–H groups in total. The van der Waals surface area contributed by atoms with E-state index < -0.39 is 0 Å². The fourth-order valence-electron chi connectivity index (χ4n) is 6.92. The fraction of sp³-hybridized carbons (Fsp3) is 0.0769. The Labute approximate surface area is 250 Å². The first-order chi connectivity index (χ1) is 21.1. The van der Waals surface area contributed by atoms with Crippen molar-refractivity contribution in [1.82, 2.24) is 9.55 Å². The van der Waals surface area contributed by atoms with E-state index in [-0.39, 0.29) is 5.41 Å². The zero-order valence-electron chi connectivity index (χ0n) is 24.0. The predicted octanol–water partition coefficient (Wildman–Crippen LogP) is 9.83. The first-order valence-corrected chi connectivity index (χ1v) is 14.5. The molecular weight excluding hydrogens is 524 g/mol. The summed E-state index contributed by atoms with van der Waals surface area (Å²) in [6, 6.07) is 45.1. The van der Waals surface area contributed by atoms with E-state index >= 15 is 0 Å². The summed E-state index contributed by atoms with van der Waals surface area (Å²) in [5, 5.41) is 11.7. The first-order valence-electron chi connectivity index (χ1n) is 14.5. The number of aromatic nitrogens is 2.